The molecule has 122 valence electrons. The number of rotatable bonds is 0. The highest BCUT2D eigenvalue weighted by Crippen LogP contribution is 2.65. The van der Waals surface area contributed by atoms with Crippen LogP contribution in [0.15, 0.2) is 5.16 Å². The third-order valence-corrected chi connectivity index (χ3v) is 8.34. The second-order valence-corrected chi connectivity index (χ2v) is 8.94. The molecule has 0 saturated heterocycles. The Hall–Kier alpha value is -0.860. The molecule has 0 aromatic carbocycles. The van der Waals surface area contributed by atoms with E-state index in [2.05, 4.69) is 19.0 Å². The maximum absolute atomic E-state index is 11.9. The number of carbonyl (C=O) groups is 1. The summed E-state index contributed by atoms with van der Waals surface area (Å²) < 4.78 is 0. The third kappa shape index (κ3) is 1.80. The predicted octanol–water partition coefficient (Wildman–Crippen LogP) is 4.43. The highest BCUT2D eigenvalue weighted by atomic mass is 16.4. The Morgan fingerprint density at radius 3 is 2.64 bits per heavy atom. The van der Waals surface area contributed by atoms with Crippen molar-refractivity contribution in [1.82, 2.24) is 0 Å². The summed E-state index contributed by atoms with van der Waals surface area (Å²) in [6.45, 7) is 4.83. The zero-order valence-corrected chi connectivity index (χ0v) is 14.0. The van der Waals surface area contributed by atoms with Gasteiger partial charge in [-0.15, -0.1) is 0 Å². The molecule has 4 saturated carbocycles. The number of ketones is 1. The summed E-state index contributed by atoms with van der Waals surface area (Å²) in [5.74, 6) is 3.40. The number of hydrogen-bond acceptors (Lipinski definition) is 3. The first-order valence-corrected chi connectivity index (χ1v) is 9.22. The minimum atomic E-state index is 0.142. The van der Waals surface area contributed by atoms with Gasteiger partial charge in [-0.2, -0.15) is 0 Å². The standard InChI is InChI=1S/C19H29NO2/c1-18-9-7-13(21)11-12(18)3-4-14-15-5-6-17(20-22)19(15,2)10-8-16(14)18/h12,14-16,22H,3-11H2,1-2H3/b20-17+. The zero-order valence-electron chi connectivity index (χ0n) is 14.0. The van der Waals surface area contributed by atoms with Crippen molar-refractivity contribution in [1.29, 1.82) is 0 Å². The molecular formula is C19H29NO2. The van der Waals surface area contributed by atoms with Gasteiger partial charge >= 0.3 is 0 Å². The molecule has 6 unspecified atom stereocenters. The van der Waals surface area contributed by atoms with E-state index in [1.807, 2.05) is 0 Å². The molecular weight excluding hydrogens is 274 g/mol. The van der Waals surface area contributed by atoms with E-state index in [9.17, 15) is 10.0 Å². The second kappa shape index (κ2) is 4.82. The molecule has 22 heavy (non-hydrogen) atoms. The van der Waals surface area contributed by atoms with Crippen molar-refractivity contribution in [2.75, 3.05) is 0 Å². The molecule has 0 heterocycles. The summed E-state index contributed by atoms with van der Waals surface area (Å²) in [6, 6.07) is 0. The lowest BCUT2D eigenvalue weighted by molar-refractivity contribution is -0.136. The lowest BCUT2D eigenvalue weighted by Crippen LogP contribution is -2.53. The quantitative estimate of drug-likeness (QED) is 0.531. The van der Waals surface area contributed by atoms with Crippen LogP contribution in [0.1, 0.15) is 71.6 Å². The van der Waals surface area contributed by atoms with Gasteiger partial charge in [-0.1, -0.05) is 19.0 Å². The van der Waals surface area contributed by atoms with Gasteiger partial charge in [0.15, 0.2) is 0 Å². The van der Waals surface area contributed by atoms with Gasteiger partial charge in [-0.3, -0.25) is 4.79 Å². The molecule has 3 heteroatoms. The SMILES string of the molecule is CC12CCC3C(CCC4CC(=O)CCC43C)C1CC/C2=N\O. The molecule has 0 spiro atoms. The van der Waals surface area contributed by atoms with Crippen molar-refractivity contribution < 1.29 is 10.0 Å². The minimum absolute atomic E-state index is 0.142. The molecule has 0 aromatic heterocycles. The van der Waals surface area contributed by atoms with Crippen LogP contribution in [-0.4, -0.2) is 16.7 Å². The first-order valence-electron chi connectivity index (χ1n) is 9.22. The molecule has 4 fully saturated rings. The van der Waals surface area contributed by atoms with Crippen LogP contribution in [-0.2, 0) is 4.79 Å². The molecule has 1 N–H and O–H groups in total. The molecule has 0 amide bonds. The molecule has 4 aliphatic rings. The molecule has 6 atom stereocenters. The van der Waals surface area contributed by atoms with Crippen LogP contribution in [0.5, 0.6) is 0 Å². The molecule has 0 aliphatic heterocycles. The van der Waals surface area contributed by atoms with Crippen molar-refractivity contribution in [3.63, 3.8) is 0 Å². The summed E-state index contributed by atoms with van der Waals surface area (Å²) in [6.07, 6.45) is 9.91. The van der Waals surface area contributed by atoms with Crippen molar-refractivity contribution in [3.8, 4) is 0 Å². The summed E-state index contributed by atoms with van der Waals surface area (Å²) >= 11 is 0. The summed E-state index contributed by atoms with van der Waals surface area (Å²) in [7, 11) is 0. The van der Waals surface area contributed by atoms with Gasteiger partial charge < -0.3 is 5.21 Å². The molecule has 0 aromatic rings. The lowest BCUT2D eigenvalue weighted by atomic mass is 9.45. The summed E-state index contributed by atoms with van der Waals surface area (Å²) in [5, 5.41) is 13.0. The number of fused-ring (bicyclic) bond motifs is 5. The Morgan fingerprint density at radius 1 is 1.05 bits per heavy atom. The lowest BCUT2D eigenvalue weighted by Gasteiger charge is -2.59. The topological polar surface area (TPSA) is 49.7 Å². The van der Waals surface area contributed by atoms with E-state index in [4.69, 9.17) is 0 Å². The average molecular weight is 303 g/mol. The molecule has 4 rings (SSSR count). The van der Waals surface area contributed by atoms with Gasteiger partial charge in [0.05, 0.1) is 5.71 Å². The fraction of sp³-hybridized carbons (Fsp3) is 0.895. The highest BCUT2D eigenvalue weighted by molar-refractivity contribution is 5.92. The van der Waals surface area contributed by atoms with E-state index in [-0.39, 0.29) is 5.41 Å². The second-order valence-electron chi connectivity index (χ2n) is 8.94. The Kier molecular flexibility index (Phi) is 3.22. The average Bonchev–Trinajstić information content (AvgIpc) is 2.84. The van der Waals surface area contributed by atoms with Crippen molar-refractivity contribution in [3.05, 3.63) is 0 Å². The van der Waals surface area contributed by atoms with Gasteiger partial charge in [0, 0.05) is 18.3 Å². The Balaban J connectivity index is 1.65. The Labute approximate surface area is 133 Å². The van der Waals surface area contributed by atoms with Gasteiger partial charge in [-0.25, -0.2) is 0 Å². The first-order chi connectivity index (χ1) is 10.5. The van der Waals surface area contributed by atoms with Crippen molar-refractivity contribution in [2.45, 2.75) is 71.6 Å². The van der Waals surface area contributed by atoms with Gasteiger partial charge in [0.25, 0.3) is 0 Å². The van der Waals surface area contributed by atoms with E-state index in [0.717, 1.165) is 43.2 Å². The van der Waals surface area contributed by atoms with Crippen LogP contribution in [0.4, 0.5) is 0 Å². The number of nitrogens with zero attached hydrogens (tertiary/aromatic N) is 1. The van der Waals surface area contributed by atoms with E-state index in [1.165, 1.54) is 32.1 Å². The summed E-state index contributed by atoms with van der Waals surface area (Å²) in [5.41, 5.74) is 1.59. The monoisotopic (exact) mass is 303 g/mol. The van der Waals surface area contributed by atoms with Gasteiger partial charge in [0.2, 0.25) is 0 Å². The number of oxime groups is 1. The normalized spacial score (nSPS) is 53.0. The maximum atomic E-state index is 11.9. The van der Waals surface area contributed by atoms with E-state index in [1.54, 1.807) is 0 Å². The van der Waals surface area contributed by atoms with Crippen LogP contribution in [0, 0.1) is 34.5 Å². The number of Topliss-reactive ketones (excluding diaryl/α,β-unsaturated/α-hetero) is 1. The van der Waals surface area contributed by atoms with E-state index < -0.39 is 0 Å². The molecule has 0 radical (unpaired) electrons. The highest BCUT2D eigenvalue weighted by Gasteiger charge is 2.59. The van der Waals surface area contributed by atoms with Gasteiger partial charge in [-0.05, 0) is 74.0 Å². The van der Waals surface area contributed by atoms with Crippen LogP contribution < -0.4 is 0 Å². The molecule has 3 nitrogen and oxygen atoms in total. The van der Waals surface area contributed by atoms with Crippen LogP contribution in [0.2, 0.25) is 0 Å². The minimum Gasteiger partial charge on any atom is -0.411 e. The first kappa shape index (κ1) is 14.7. The van der Waals surface area contributed by atoms with E-state index in [0.29, 0.717) is 23.0 Å². The zero-order chi connectivity index (χ0) is 15.5. The van der Waals surface area contributed by atoms with E-state index >= 15 is 0 Å². The largest absolute Gasteiger partial charge is 0.411 e. The van der Waals surface area contributed by atoms with Crippen molar-refractivity contribution >= 4 is 11.5 Å². The molecule has 4 aliphatic carbocycles. The third-order valence-electron chi connectivity index (χ3n) is 8.34. The smallest absolute Gasteiger partial charge is 0.133 e. The summed E-state index contributed by atoms with van der Waals surface area (Å²) in [4.78, 5) is 11.9. The van der Waals surface area contributed by atoms with Crippen LogP contribution in [0.25, 0.3) is 0 Å². The van der Waals surface area contributed by atoms with Crippen LogP contribution >= 0.6 is 0 Å². The maximum Gasteiger partial charge on any atom is 0.133 e. The molecule has 0 bridgehead atoms. The predicted molar refractivity (Wildman–Crippen MR) is 86.0 cm³/mol. The van der Waals surface area contributed by atoms with Crippen LogP contribution in [0.3, 0.4) is 0 Å². The fourth-order valence-corrected chi connectivity index (χ4v) is 7.00. The fourth-order valence-electron chi connectivity index (χ4n) is 7.00. The Bertz CT molecular complexity index is 528. The van der Waals surface area contributed by atoms with Crippen molar-refractivity contribution in [2.24, 2.45) is 39.7 Å². The number of hydrogen-bond donors (Lipinski definition) is 1. The Morgan fingerprint density at radius 2 is 1.86 bits per heavy atom. The van der Waals surface area contributed by atoms with Gasteiger partial charge in [0.1, 0.15) is 5.78 Å². The number of carbonyl (C=O) groups excluding carboxylic acids is 1.